The lowest BCUT2D eigenvalue weighted by molar-refractivity contribution is 0.0980. The Morgan fingerprint density at radius 2 is 1.93 bits per heavy atom. The molecule has 1 aliphatic heterocycles. The second-order valence-corrected chi connectivity index (χ2v) is 6.78. The zero-order chi connectivity index (χ0) is 18.8. The lowest BCUT2D eigenvalue weighted by Gasteiger charge is -2.30. The van der Waals surface area contributed by atoms with E-state index in [4.69, 9.17) is 9.26 Å². The number of carbonyl (C=O) groups is 1. The Kier molecular flexibility index (Phi) is 4.67. The highest BCUT2D eigenvalue weighted by Crippen LogP contribution is 2.30. The van der Waals surface area contributed by atoms with Gasteiger partial charge < -0.3 is 14.2 Å². The summed E-state index contributed by atoms with van der Waals surface area (Å²) in [7, 11) is 0. The van der Waals surface area contributed by atoms with Crippen LogP contribution in [0, 0.1) is 13.8 Å². The monoisotopic (exact) mass is 362 g/mol. The Morgan fingerprint density at radius 3 is 2.74 bits per heavy atom. The number of hydrogen-bond acceptors (Lipinski definition) is 4. The van der Waals surface area contributed by atoms with Crippen molar-refractivity contribution in [3.05, 3.63) is 76.7 Å². The third-order valence-electron chi connectivity index (χ3n) is 5.03. The summed E-state index contributed by atoms with van der Waals surface area (Å²) in [6.45, 7) is 4.79. The van der Waals surface area contributed by atoms with Crippen LogP contribution >= 0.6 is 0 Å². The molecule has 0 spiro atoms. The molecule has 27 heavy (non-hydrogen) atoms. The quantitative estimate of drug-likeness (QED) is 0.687. The number of nitrogens with zero attached hydrogens (tertiary/aromatic N) is 2. The first-order chi connectivity index (χ1) is 13.1. The van der Waals surface area contributed by atoms with Gasteiger partial charge in [-0.15, -0.1) is 0 Å². The van der Waals surface area contributed by atoms with Gasteiger partial charge in [0.2, 0.25) is 0 Å². The van der Waals surface area contributed by atoms with Gasteiger partial charge in [0, 0.05) is 12.2 Å². The van der Waals surface area contributed by atoms with Crippen LogP contribution in [0.1, 0.15) is 39.4 Å². The van der Waals surface area contributed by atoms with E-state index < -0.39 is 0 Å². The molecule has 0 saturated heterocycles. The molecule has 2 aromatic carbocycles. The number of benzene rings is 2. The number of carbonyl (C=O) groups excluding carboxylic acids is 1. The van der Waals surface area contributed by atoms with E-state index in [1.807, 2.05) is 61.2 Å². The molecule has 3 aromatic rings. The first-order valence-electron chi connectivity index (χ1n) is 9.18. The third kappa shape index (κ3) is 3.33. The SMILES string of the molecule is Cc1noc(C)c1COc1ccccc1C(=O)N1CCCc2ccccc21. The Labute approximate surface area is 158 Å². The summed E-state index contributed by atoms with van der Waals surface area (Å²) in [4.78, 5) is 15.2. The van der Waals surface area contributed by atoms with E-state index in [9.17, 15) is 4.79 Å². The molecule has 1 aromatic heterocycles. The minimum Gasteiger partial charge on any atom is -0.488 e. The topological polar surface area (TPSA) is 55.6 Å². The normalized spacial score (nSPS) is 13.3. The number of hydrogen-bond donors (Lipinski definition) is 0. The molecule has 0 radical (unpaired) electrons. The van der Waals surface area contributed by atoms with Crippen molar-refractivity contribution < 1.29 is 14.1 Å². The molecule has 1 amide bonds. The number of aryl methyl sites for hydroxylation is 3. The van der Waals surface area contributed by atoms with Gasteiger partial charge in [-0.1, -0.05) is 35.5 Å². The molecule has 0 fully saturated rings. The van der Waals surface area contributed by atoms with Crippen LogP contribution in [0.15, 0.2) is 53.1 Å². The average molecular weight is 362 g/mol. The van der Waals surface area contributed by atoms with E-state index in [2.05, 4.69) is 11.2 Å². The van der Waals surface area contributed by atoms with Crippen molar-refractivity contribution in [3.63, 3.8) is 0 Å². The maximum atomic E-state index is 13.3. The van der Waals surface area contributed by atoms with Crippen LogP contribution in [-0.4, -0.2) is 17.6 Å². The lowest BCUT2D eigenvalue weighted by Crippen LogP contribution is -2.35. The van der Waals surface area contributed by atoms with Crippen LogP contribution in [0.3, 0.4) is 0 Å². The minimum atomic E-state index is -0.0310. The van der Waals surface area contributed by atoms with Crippen LogP contribution in [0.5, 0.6) is 5.75 Å². The van der Waals surface area contributed by atoms with Gasteiger partial charge in [-0.3, -0.25) is 4.79 Å². The number of ether oxygens (including phenoxy) is 1. The smallest absolute Gasteiger partial charge is 0.262 e. The highest BCUT2D eigenvalue weighted by Gasteiger charge is 2.25. The summed E-state index contributed by atoms with van der Waals surface area (Å²) in [6.07, 6.45) is 1.97. The van der Waals surface area contributed by atoms with Gasteiger partial charge in [-0.2, -0.15) is 0 Å². The lowest BCUT2D eigenvalue weighted by atomic mass is 10.0. The van der Waals surface area contributed by atoms with E-state index in [1.54, 1.807) is 0 Å². The first kappa shape index (κ1) is 17.3. The highest BCUT2D eigenvalue weighted by molar-refractivity contribution is 6.08. The number of amides is 1. The Hall–Kier alpha value is -3.08. The summed E-state index contributed by atoms with van der Waals surface area (Å²) in [6, 6.07) is 15.5. The van der Waals surface area contributed by atoms with Gasteiger partial charge in [0.15, 0.2) is 0 Å². The van der Waals surface area contributed by atoms with Gasteiger partial charge >= 0.3 is 0 Å². The summed E-state index contributed by atoms with van der Waals surface area (Å²) >= 11 is 0. The Bertz CT molecular complexity index is 958. The molecule has 0 atom stereocenters. The van der Waals surface area contributed by atoms with Crippen LogP contribution in [0.4, 0.5) is 5.69 Å². The molecule has 0 aliphatic carbocycles. The van der Waals surface area contributed by atoms with Crippen LogP contribution in [0.2, 0.25) is 0 Å². The van der Waals surface area contributed by atoms with Crippen LogP contribution < -0.4 is 9.64 Å². The standard InChI is InChI=1S/C22H22N2O3/c1-15-19(16(2)27-23-15)14-26-21-12-6-4-10-18(21)22(25)24-13-7-9-17-8-3-5-11-20(17)24/h3-6,8,10-12H,7,9,13-14H2,1-2H3. The van der Waals surface area contributed by atoms with Crippen molar-refractivity contribution in [2.75, 3.05) is 11.4 Å². The predicted octanol–water partition coefficient (Wildman–Crippen LogP) is 4.46. The fourth-order valence-corrected chi connectivity index (χ4v) is 3.52. The average Bonchev–Trinajstić information content (AvgIpc) is 3.03. The summed E-state index contributed by atoms with van der Waals surface area (Å²) in [5, 5.41) is 3.95. The molecule has 138 valence electrons. The van der Waals surface area contributed by atoms with Crippen molar-refractivity contribution in [3.8, 4) is 5.75 Å². The summed E-state index contributed by atoms with van der Waals surface area (Å²) in [5.74, 6) is 1.28. The predicted molar refractivity (Wildman–Crippen MR) is 103 cm³/mol. The fraction of sp³-hybridized carbons (Fsp3) is 0.273. The molecular weight excluding hydrogens is 340 g/mol. The van der Waals surface area contributed by atoms with Gasteiger partial charge in [0.25, 0.3) is 5.91 Å². The molecule has 0 N–H and O–H groups in total. The highest BCUT2D eigenvalue weighted by atomic mass is 16.5. The van der Waals surface area contributed by atoms with Gasteiger partial charge in [-0.25, -0.2) is 0 Å². The van der Waals surface area contributed by atoms with E-state index in [1.165, 1.54) is 5.56 Å². The second kappa shape index (κ2) is 7.27. The van der Waals surface area contributed by atoms with E-state index in [-0.39, 0.29) is 5.91 Å². The Morgan fingerprint density at radius 1 is 1.15 bits per heavy atom. The van der Waals surface area contributed by atoms with E-state index in [0.29, 0.717) is 24.5 Å². The van der Waals surface area contributed by atoms with Gasteiger partial charge in [0.05, 0.1) is 16.8 Å². The number of aromatic nitrogens is 1. The zero-order valence-corrected chi connectivity index (χ0v) is 15.6. The third-order valence-corrected chi connectivity index (χ3v) is 5.03. The summed E-state index contributed by atoms with van der Waals surface area (Å²) in [5.41, 5.74) is 4.50. The van der Waals surface area contributed by atoms with Gasteiger partial charge in [-0.05, 0) is 50.5 Å². The molecule has 2 heterocycles. The first-order valence-corrected chi connectivity index (χ1v) is 9.18. The maximum Gasteiger partial charge on any atom is 0.262 e. The number of anilines is 1. The molecule has 0 unspecified atom stereocenters. The Balaban J connectivity index is 1.61. The molecule has 0 bridgehead atoms. The molecular formula is C22H22N2O3. The molecule has 5 nitrogen and oxygen atoms in total. The molecule has 4 rings (SSSR count). The van der Waals surface area contributed by atoms with Gasteiger partial charge in [0.1, 0.15) is 18.1 Å². The second-order valence-electron chi connectivity index (χ2n) is 6.78. The van der Waals surface area contributed by atoms with Crippen molar-refractivity contribution in [2.24, 2.45) is 0 Å². The molecule has 0 saturated carbocycles. The van der Waals surface area contributed by atoms with E-state index >= 15 is 0 Å². The largest absolute Gasteiger partial charge is 0.488 e. The van der Waals surface area contributed by atoms with E-state index in [0.717, 1.165) is 35.5 Å². The molecule has 1 aliphatic rings. The number of para-hydroxylation sites is 2. The van der Waals surface area contributed by atoms with Crippen molar-refractivity contribution in [1.29, 1.82) is 0 Å². The zero-order valence-electron chi connectivity index (χ0n) is 15.6. The number of rotatable bonds is 4. The molecule has 5 heteroatoms. The van der Waals surface area contributed by atoms with Crippen molar-refractivity contribution in [2.45, 2.75) is 33.3 Å². The summed E-state index contributed by atoms with van der Waals surface area (Å²) < 4.78 is 11.2. The van der Waals surface area contributed by atoms with Crippen LogP contribution in [-0.2, 0) is 13.0 Å². The number of fused-ring (bicyclic) bond motifs is 1. The van der Waals surface area contributed by atoms with Crippen LogP contribution in [0.25, 0.3) is 0 Å². The van der Waals surface area contributed by atoms with Crippen molar-refractivity contribution >= 4 is 11.6 Å². The fourth-order valence-electron chi connectivity index (χ4n) is 3.52. The van der Waals surface area contributed by atoms with Crippen molar-refractivity contribution in [1.82, 2.24) is 5.16 Å². The maximum absolute atomic E-state index is 13.3. The minimum absolute atomic E-state index is 0.0310.